The number of benzene rings is 1. The summed E-state index contributed by atoms with van der Waals surface area (Å²) in [7, 11) is 3.22. The fourth-order valence-corrected chi connectivity index (χ4v) is 1.71. The normalized spacial score (nSPS) is 11.2. The highest BCUT2D eigenvalue weighted by Crippen LogP contribution is 2.28. The van der Waals surface area contributed by atoms with Crippen molar-refractivity contribution in [3.05, 3.63) is 35.4 Å². The van der Waals surface area contributed by atoms with Crippen molar-refractivity contribution in [1.82, 2.24) is 0 Å². The zero-order valence-electron chi connectivity index (χ0n) is 10.7. The topological polar surface area (TPSA) is 35.5 Å². The van der Waals surface area contributed by atoms with Crippen LogP contribution in [0.2, 0.25) is 0 Å². The smallest absolute Gasteiger partial charge is 0.160 e. The van der Waals surface area contributed by atoms with Gasteiger partial charge in [-0.05, 0) is 44.0 Å². The molecule has 0 amide bonds. The van der Waals surface area contributed by atoms with Crippen molar-refractivity contribution in [2.75, 3.05) is 14.2 Å². The average Bonchev–Trinajstić information content (AvgIpc) is 2.27. The number of methoxy groups -OCH3 is 2. The summed E-state index contributed by atoms with van der Waals surface area (Å²) in [5, 5.41) is 0. The molecule has 1 rings (SSSR count). The van der Waals surface area contributed by atoms with Crippen LogP contribution < -0.4 is 9.47 Å². The number of allylic oxidation sites excluding steroid dienone is 2. The number of hydrogen-bond acceptors (Lipinski definition) is 3. The van der Waals surface area contributed by atoms with Gasteiger partial charge >= 0.3 is 0 Å². The van der Waals surface area contributed by atoms with Gasteiger partial charge in [-0.15, -0.1) is 0 Å². The lowest BCUT2D eigenvalue weighted by atomic mass is 10.0. The Morgan fingerprint density at radius 1 is 1.18 bits per heavy atom. The molecule has 17 heavy (non-hydrogen) atoms. The summed E-state index contributed by atoms with van der Waals surface area (Å²) >= 11 is 0. The second-order valence-corrected chi connectivity index (χ2v) is 3.97. The third-order valence-corrected chi connectivity index (χ3v) is 2.38. The summed E-state index contributed by atoms with van der Waals surface area (Å²) in [5.74, 6) is 1.49. The van der Waals surface area contributed by atoms with E-state index >= 15 is 0 Å². The minimum absolute atomic E-state index is 0.0722. The van der Waals surface area contributed by atoms with Gasteiger partial charge in [0.25, 0.3) is 0 Å². The Kier molecular flexibility index (Phi) is 4.76. The van der Waals surface area contributed by atoms with Gasteiger partial charge in [0.15, 0.2) is 17.3 Å². The molecule has 0 spiro atoms. The standard InChI is InChI=1S/C14H18O3/c1-10(7-11(2)15)8-12-5-6-13(16-3)14(9-12)17-4/h5-7,9H,8H2,1-4H3/b10-7+. The van der Waals surface area contributed by atoms with Crippen LogP contribution in [0.25, 0.3) is 0 Å². The van der Waals surface area contributed by atoms with Gasteiger partial charge < -0.3 is 9.47 Å². The van der Waals surface area contributed by atoms with Gasteiger partial charge in [0.2, 0.25) is 0 Å². The zero-order valence-corrected chi connectivity index (χ0v) is 10.7. The predicted molar refractivity (Wildman–Crippen MR) is 67.7 cm³/mol. The minimum atomic E-state index is 0.0722. The van der Waals surface area contributed by atoms with Crippen LogP contribution in [0, 0.1) is 0 Å². The zero-order chi connectivity index (χ0) is 12.8. The molecule has 0 heterocycles. The number of ether oxygens (including phenoxy) is 2. The fraction of sp³-hybridized carbons (Fsp3) is 0.357. The summed E-state index contributed by atoms with van der Waals surface area (Å²) in [6, 6.07) is 5.77. The Balaban J connectivity index is 2.89. The largest absolute Gasteiger partial charge is 0.493 e. The quantitative estimate of drug-likeness (QED) is 0.735. The first kappa shape index (κ1) is 13.3. The predicted octanol–water partition coefficient (Wildman–Crippen LogP) is 2.78. The number of rotatable bonds is 5. The summed E-state index contributed by atoms with van der Waals surface area (Å²) in [6.07, 6.45) is 2.39. The molecule has 0 saturated carbocycles. The molecule has 0 aromatic heterocycles. The highest BCUT2D eigenvalue weighted by molar-refractivity contribution is 5.87. The Morgan fingerprint density at radius 2 is 1.82 bits per heavy atom. The van der Waals surface area contributed by atoms with E-state index in [0.29, 0.717) is 11.5 Å². The van der Waals surface area contributed by atoms with Crippen LogP contribution in [-0.4, -0.2) is 20.0 Å². The van der Waals surface area contributed by atoms with Crippen molar-refractivity contribution >= 4 is 5.78 Å². The van der Waals surface area contributed by atoms with Gasteiger partial charge in [-0.2, -0.15) is 0 Å². The molecule has 0 aliphatic rings. The Hall–Kier alpha value is -1.77. The van der Waals surface area contributed by atoms with E-state index in [1.54, 1.807) is 27.2 Å². The van der Waals surface area contributed by atoms with Crippen LogP contribution >= 0.6 is 0 Å². The second-order valence-electron chi connectivity index (χ2n) is 3.97. The van der Waals surface area contributed by atoms with Crippen molar-refractivity contribution < 1.29 is 14.3 Å². The van der Waals surface area contributed by atoms with E-state index in [2.05, 4.69) is 0 Å². The molecule has 92 valence electrons. The van der Waals surface area contributed by atoms with Gasteiger partial charge in [0.05, 0.1) is 14.2 Å². The lowest BCUT2D eigenvalue weighted by molar-refractivity contribution is -0.112. The maximum absolute atomic E-state index is 10.9. The van der Waals surface area contributed by atoms with Crippen LogP contribution in [-0.2, 0) is 11.2 Å². The van der Waals surface area contributed by atoms with Gasteiger partial charge in [0.1, 0.15) is 0 Å². The molecular weight excluding hydrogens is 216 g/mol. The van der Waals surface area contributed by atoms with Gasteiger partial charge in [-0.1, -0.05) is 11.6 Å². The van der Waals surface area contributed by atoms with E-state index in [1.807, 2.05) is 25.1 Å². The SMILES string of the molecule is COc1ccc(C/C(C)=C/C(C)=O)cc1OC. The van der Waals surface area contributed by atoms with Crippen LogP contribution in [0.4, 0.5) is 0 Å². The van der Waals surface area contributed by atoms with Crippen molar-refractivity contribution in [1.29, 1.82) is 0 Å². The Morgan fingerprint density at radius 3 is 2.35 bits per heavy atom. The van der Waals surface area contributed by atoms with E-state index in [9.17, 15) is 4.79 Å². The number of hydrogen-bond donors (Lipinski definition) is 0. The molecule has 0 atom stereocenters. The highest BCUT2D eigenvalue weighted by Gasteiger charge is 2.05. The van der Waals surface area contributed by atoms with E-state index in [1.165, 1.54) is 0 Å². The van der Waals surface area contributed by atoms with Gasteiger partial charge in [-0.3, -0.25) is 4.79 Å². The van der Waals surface area contributed by atoms with E-state index in [0.717, 1.165) is 17.6 Å². The Bertz CT molecular complexity index is 433. The molecular formula is C14H18O3. The molecule has 0 N–H and O–H groups in total. The molecule has 0 aliphatic heterocycles. The third-order valence-electron chi connectivity index (χ3n) is 2.38. The third kappa shape index (κ3) is 3.94. The molecule has 3 heteroatoms. The maximum atomic E-state index is 10.9. The van der Waals surface area contributed by atoms with Crippen molar-refractivity contribution in [2.24, 2.45) is 0 Å². The van der Waals surface area contributed by atoms with Crippen LogP contribution in [0.1, 0.15) is 19.4 Å². The molecule has 3 nitrogen and oxygen atoms in total. The molecule has 0 unspecified atom stereocenters. The molecule has 0 bridgehead atoms. The molecule has 1 aromatic rings. The first-order valence-corrected chi connectivity index (χ1v) is 5.45. The first-order valence-electron chi connectivity index (χ1n) is 5.45. The highest BCUT2D eigenvalue weighted by atomic mass is 16.5. The number of carbonyl (C=O) groups is 1. The van der Waals surface area contributed by atoms with E-state index < -0.39 is 0 Å². The maximum Gasteiger partial charge on any atom is 0.160 e. The van der Waals surface area contributed by atoms with Gasteiger partial charge in [0, 0.05) is 0 Å². The monoisotopic (exact) mass is 234 g/mol. The van der Waals surface area contributed by atoms with Crippen LogP contribution in [0.5, 0.6) is 11.5 Å². The van der Waals surface area contributed by atoms with Crippen molar-refractivity contribution in [3.8, 4) is 11.5 Å². The van der Waals surface area contributed by atoms with E-state index in [4.69, 9.17) is 9.47 Å². The Labute approximate surface area is 102 Å². The molecule has 1 aromatic carbocycles. The van der Waals surface area contributed by atoms with Crippen molar-refractivity contribution in [2.45, 2.75) is 20.3 Å². The lowest BCUT2D eigenvalue weighted by Gasteiger charge is -2.09. The van der Waals surface area contributed by atoms with Crippen molar-refractivity contribution in [3.63, 3.8) is 0 Å². The summed E-state index contributed by atoms with van der Waals surface area (Å²) in [6.45, 7) is 3.50. The lowest BCUT2D eigenvalue weighted by Crippen LogP contribution is -1.94. The molecule has 0 saturated heterocycles. The van der Waals surface area contributed by atoms with Crippen LogP contribution in [0.15, 0.2) is 29.8 Å². The number of ketones is 1. The number of carbonyl (C=O) groups excluding carboxylic acids is 1. The molecule has 0 fully saturated rings. The molecule has 0 radical (unpaired) electrons. The summed E-state index contributed by atoms with van der Waals surface area (Å²) < 4.78 is 10.4. The first-order chi connectivity index (χ1) is 8.06. The summed E-state index contributed by atoms with van der Waals surface area (Å²) in [5.41, 5.74) is 2.13. The fourth-order valence-electron chi connectivity index (χ4n) is 1.71. The average molecular weight is 234 g/mol. The summed E-state index contributed by atoms with van der Waals surface area (Å²) in [4.78, 5) is 10.9. The minimum Gasteiger partial charge on any atom is -0.493 e. The van der Waals surface area contributed by atoms with Gasteiger partial charge in [-0.25, -0.2) is 0 Å². The molecule has 0 aliphatic carbocycles. The van der Waals surface area contributed by atoms with Crippen LogP contribution in [0.3, 0.4) is 0 Å². The van der Waals surface area contributed by atoms with E-state index in [-0.39, 0.29) is 5.78 Å². The second kappa shape index (κ2) is 6.09.